The summed E-state index contributed by atoms with van der Waals surface area (Å²) in [5.74, 6) is 0.570. The Morgan fingerprint density at radius 2 is 1.93 bits per heavy atom. The second-order valence-electron chi connectivity index (χ2n) is 9.19. The van der Waals surface area contributed by atoms with E-state index >= 15 is 0 Å². The van der Waals surface area contributed by atoms with E-state index in [0.717, 1.165) is 16.5 Å². The van der Waals surface area contributed by atoms with E-state index in [1.807, 2.05) is 55.5 Å². The molecule has 2 atom stereocenters. The standard InChI is InChI=1S/C29H31BrN6O4/c1-2-16-32-35-28(38)29(19-21-8-3-6-11-25(21)34-36-31)26(23-9-4-5-10-24(23)30)40-27(33-29)20-12-14-22(15-13-20)39-18-7-17-37/h3-6,8-15,26,32,37H,2,7,16-19H2,1H3,(H,35,38)/t26-,29-/m0/s1. The molecule has 3 aromatic rings. The van der Waals surface area contributed by atoms with E-state index in [9.17, 15) is 4.79 Å². The van der Waals surface area contributed by atoms with E-state index < -0.39 is 11.6 Å². The highest BCUT2D eigenvalue weighted by molar-refractivity contribution is 9.10. The number of amides is 1. The normalized spacial score (nSPS) is 17.9. The van der Waals surface area contributed by atoms with Gasteiger partial charge >= 0.3 is 0 Å². The van der Waals surface area contributed by atoms with Crippen LogP contribution in [0.1, 0.15) is 42.6 Å². The highest BCUT2D eigenvalue weighted by Gasteiger charge is 2.54. The highest BCUT2D eigenvalue weighted by atomic mass is 79.9. The van der Waals surface area contributed by atoms with Crippen molar-refractivity contribution in [3.63, 3.8) is 0 Å². The molecule has 0 fully saturated rings. The number of benzene rings is 3. The number of rotatable bonds is 13. The third-order valence-electron chi connectivity index (χ3n) is 6.40. The summed E-state index contributed by atoms with van der Waals surface area (Å²) in [4.78, 5) is 22.0. The number of nitrogens with zero attached hydrogens (tertiary/aromatic N) is 4. The zero-order valence-corrected chi connectivity index (χ0v) is 23.7. The monoisotopic (exact) mass is 606 g/mol. The Morgan fingerprint density at radius 1 is 1.18 bits per heavy atom. The van der Waals surface area contributed by atoms with Gasteiger partial charge in [-0.1, -0.05) is 70.4 Å². The fourth-order valence-electron chi connectivity index (χ4n) is 4.42. The average molecular weight is 608 g/mol. The molecule has 0 bridgehead atoms. The van der Waals surface area contributed by atoms with Crippen LogP contribution in [0, 0.1) is 0 Å². The first-order valence-corrected chi connectivity index (χ1v) is 13.8. The molecule has 40 heavy (non-hydrogen) atoms. The van der Waals surface area contributed by atoms with Gasteiger partial charge in [0.1, 0.15) is 5.75 Å². The third-order valence-corrected chi connectivity index (χ3v) is 7.12. The molecule has 1 aliphatic heterocycles. The number of hydrogen-bond acceptors (Lipinski definition) is 7. The molecule has 0 aliphatic carbocycles. The van der Waals surface area contributed by atoms with Crippen molar-refractivity contribution in [1.82, 2.24) is 10.9 Å². The number of nitrogens with one attached hydrogen (secondary N) is 2. The van der Waals surface area contributed by atoms with Crippen LogP contribution in [-0.2, 0) is 16.0 Å². The number of carbonyl (C=O) groups excluding carboxylic acids is 1. The quantitative estimate of drug-likeness (QED) is 0.0754. The predicted octanol–water partition coefficient (Wildman–Crippen LogP) is 5.68. The van der Waals surface area contributed by atoms with Crippen molar-refractivity contribution >= 4 is 33.4 Å². The van der Waals surface area contributed by atoms with Crippen LogP contribution in [0.5, 0.6) is 5.75 Å². The van der Waals surface area contributed by atoms with Crippen molar-refractivity contribution < 1.29 is 19.4 Å². The van der Waals surface area contributed by atoms with Crippen LogP contribution in [0.3, 0.4) is 0 Å². The van der Waals surface area contributed by atoms with E-state index in [1.54, 1.807) is 24.3 Å². The number of aliphatic hydroxyl groups is 1. The molecule has 1 heterocycles. The SMILES string of the molecule is CCCNNC(=O)[C@@]1(Cc2ccccc2N=[N+]=[N-])N=C(c2ccc(OCCCO)cc2)O[C@H]1c1ccccc1Br. The fourth-order valence-corrected chi connectivity index (χ4v) is 4.91. The van der Waals surface area contributed by atoms with Gasteiger partial charge in [-0.3, -0.25) is 10.2 Å². The number of aliphatic imine (C=N–C) groups is 1. The summed E-state index contributed by atoms with van der Waals surface area (Å²) in [7, 11) is 0. The Balaban J connectivity index is 1.82. The van der Waals surface area contributed by atoms with Gasteiger partial charge in [-0.05, 0) is 47.8 Å². The van der Waals surface area contributed by atoms with Crippen molar-refractivity contribution in [1.29, 1.82) is 0 Å². The summed E-state index contributed by atoms with van der Waals surface area (Å²) in [5, 5.41) is 12.9. The molecule has 1 aliphatic rings. The zero-order chi connectivity index (χ0) is 28.4. The number of hydrazine groups is 1. The van der Waals surface area contributed by atoms with Crippen LogP contribution in [0.15, 0.2) is 87.4 Å². The molecule has 4 rings (SSSR count). The molecule has 10 nitrogen and oxygen atoms in total. The molecular weight excluding hydrogens is 576 g/mol. The molecule has 3 aromatic carbocycles. The molecule has 11 heteroatoms. The van der Waals surface area contributed by atoms with E-state index in [1.165, 1.54) is 0 Å². The van der Waals surface area contributed by atoms with Crippen LogP contribution in [-0.4, -0.2) is 42.2 Å². The Labute approximate surface area is 241 Å². The number of hydrogen-bond donors (Lipinski definition) is 3. The fraction of sp³-hybridized carbons (Fsp3) is 0.310. The lowest BCUT2D eigenvalue weighted by molar-refractivity contribution is -0.130. The van der Waals surface area contributed by atoms with E-state index in [2.05, 4.69) is 36.8 Å². The van der Waals surface area contributed by atoms with E-state index in [-0.39, 0.29) is 18.9 Å². The van der Waals surface area contributed by atoms with Gasteiger partial charge in [0.2, 0.25) is 5.90 Å². The first-order valence-electron chi connectivity index (χ1n) is 13.0. The van der Waals surface area contributed by atoms with Crippen LogP contribution in [0.4, 0.5) is 5.69 Å². The predicted molar refractivity (Wildman–Crippen MR) is 156 cm³/mol. The largest absolute Gasteiger partial charge is 0.494 e. The first kappa shape index (κ1) is 29.1. The second kappa shape index (κ2) is 14.0. The van der Waals surface area contributed by atoms with Crippen molar-refractivity contribution in [2.75, 3.05) is 19.8 Å². The lowest BCUT2D eigenvalue weighted by Gasteiger charge is -2.31. The lowest BCUT2D eigenvalue weighted by Crippen LogP contribution is -2.54. The van der Waals surface area contributed by atoms with Crippen LogP contribution in [0.2, 0.25) is 0 Å². The molecule has 1 amide bonds. The Bertz CT molecular complexity index is 1390. The minimum Gasteiger partial charge on any atom is -0.494 e. The Kier molecular flexibility index (Phi) is 10.2. The van der Waals surface area contributed by atoms with E-state index in [0.29, 0.717) is 48.0 Å². The summed E-state index contributed by atoms with van der Waals surface area (Å²) < 4.78 is 13.0. The topological polar surface area (TPSA) is 141 Å². The summed E-state index contributed by atoms with van der Waals surface area (Å²) in [6, 6.07) is 21.9. The van der Waals surface area contributed by atoms with Crippen molar-refractivity contribution in [3.8, 4) is 5.75 Å². The van der Waals surface area contributed by atoms with Gasteiger partial charge in [0.15, 0.2) is 11.6 Å². The minimum atomic E-state index is -1.45. The molecule has 0 aromatic heterocycles. The Hall–Kier alpha value is -3.89. The van der Waals surface area contributed by atoms with Crippen LogP contribution >= 0.6 is 15.9 Å². The Morgan fingerprint density at radius 3 is 2.65 bits per heavy atom. The van der Waals surface area contributed by atoms with Gasteiger partial charge < -0.3 is 14.6 Å². The van der Waals surface area contributed by atoms with Crippen molar-refractivity contribution in [2.24, 2.45) is 10.1 Å². The molecule has 0 spiro atoms. The van der Waals surface area contributed by atoms with Gasteiger partial charge in [-0.25, -0.2) is 10.4 Å². The van der Waals surface area contributed by atoms with Crippen molar-refractivity contribution in [3.05, 3.63) is 104 Å². The number of azide groups is 1. The number of carbonyl (C=O) groups is 1. The van der Waals surface area contributed by atoms with Gasteiger partial charge in [0.05, 0.1) is 6.61 Å². The summed E-state index contributed by atoms with van der Waals surface area (Å²) in [6.07, 6.45) is 0.658. The van der Waals surface area contributed by atoms with Gasteiger partial charge in [-0.2, -0.15) is 0 Å². The van der Waals surface area contributed by atoms with Gasteiger partial charge in [-0.15, -0.1) is 0 Å². The minimum absolute atomic E-state index is 0.0548. The highest BCUT2D eigenvalue weighted by Crippen LogP contribution is 2.45. The summed E-state index contributed by atoms with van der Waals surface area (Å²) in [5.41, 5.74) is 16.0. The molecule has 0 unspecified atom stereocenters. The number of ether oxygens (including phenoxy) is 2. The van der Waals surface area contributed by atoms with E-state index in [4.69, 9.17) is 25.1 Å². The van der Waals surface area contributed by atoms with Crippen LogP contribution < -0.4 is 15.6 Å². The lowest BCUT2D eigenvalue weighted by atomic mass is 9.81. The van der Waals surface area contributed by atoms with Crippen molar-refractivity contribution in [2.45, 2.75) is 37.8 Å². The molecule has 0 saturated carbocycles. The molecule has 0 saturated heterocycles. The summed E-state index contributed by atoms with van der Waals surface area (Å²) >= 11 is 3.63. The molecular formula is C29H31BrN6O4. The average Bonchev–Trinajstić information content (AvgIpc) is 3.35. The van der Waals surface area contributed by atoms with Gasteiger partial charge in [0, 0.05) is 52.2 Å². The zero-order valence-electron chi connectivity index (χ0n) is 22.1. The maximum Gasteiger partial charge on any atom is 0.266 e. The maximum absolute atomic E-state index is 14.1. The summed E-state index contributed by atoms with van der Waals surface area (Å²) in [6.45, 7) is 3.03. The van der Waals surface area contributed by atoms with Gasteiger partial charge in [0.25, 0.3) is 5.91 Å². The smallest absolute Gasteiger partial charge is 0.266 e. The number of aliphatic hydroxyl groups excluding tert-OH is 1. The molecule has 0 radical (unpaired) electrons. The van der Waals surface area contributed by atoms with Crippen LogP contribution in [0.25, 0.3) is 10.4 Å². The molecule has 208 valence electrons. The maximum atomic E-state index is 14.1. The first-order chi connectivity index (χ1) is 19.5. The molecule has 3 N–H and O–H groups in total. The third kappa shape index (κ3) is 6.63. The second-order valence-corrected chi connectivity index (χ2v) is 10.0. The number of halogens is 1.